The number of primary sulfonamides is 1. The number of para-hydroxylation sites is 1. The largest absolute Gasteiger partial charge is 0.340 e. The van der Waals surface area contributed by atoms with Crippen LogP contribution in [0, 0.1) is 11.3 Å². The molecule has 4 aromatic rings. The monoisotopic (exact) mass is 475 g/mol. The van der Waals surface area contributed by atoms with E-state index in [1.54, 1.807) is 36.4 Å². The van der Waals surface area contributed by atoms with E-state index in [0.717, 1.165) is 5.39 Å². The molecule has 0 aliphatic carbocycles. The molecular weight excluding hydrogens is 458 g/mol. The van der Waals surface area contributed by atoms with Crippen molar-refractivity contribution in [3.8, 4) is 6.07 Å². The van der Waals surface area contributed by atoms with Gasteiger partial charge in [-0.1, -0.05) is 36.0 Å². The van der Waals surface area contributed by atoms with Crippen molar-refractivity contribution in [2.75, 3.05) is 11.1 Å². The van der Waals surface area contributed by atoms with Gasteiger partial charge in [-0.25, -0.2) is 23.5 Å². The van der Waals surface area contributed by atoms with Crippen LogP contribution in [0.3, 0.4) is 0 Å². The first kappa shape index (κ1) is 22.4. The molecule has 0 saturated carbocycles. The summed E-state index contributed by atoms with van der Waals surface area (Å²) in [5.74, 6) is 0.554. The van der Waals surface area contributed by atoms with Gasteiger partial charge in [-0.3, -0.25) is 4.79 Å². The Labute approximate surface area is 194 Å². The van der Waals surface area contributed by atoms with Crippen LogP contribution in [0.5, 0.6) is 0 Å². The second kappa shape index (κ2) is 9.38. The summed E-state index contributed by atoms with van der Waals surface area (Å²) < 4.78 is 23.0. The van der Waals surface area contributed by atoms with Crippen LogP contribution in [0.1, 0.15) is 15.9 Å². The number of aromatic nitrogens is 2. The van der Waals surface area contributed by atoms with Gasteiger partial charge in [-0.2, -0.15) is 5.26 Å². The Bertz CT molecular complexity index is 1480. The minimum atomic E-state index is -3.78. The predicted molar refractivity (Wildman–Crippen MR) is 127 cm³/mol. The van der Waals surface area contributed by atoms with Crippen LogP contribution < -0.4 is 10.5 Å². The van der Waals surface area contributed by atoms with Crippen LogP contribution in [0.4, 0.5) is 11.5 Å². The number of hydrogen-bond donors (Lipinski definition) is 2. The Morgan fingerprint density at radius 1 is 1.00 bits per heavy atom. The van der Waals surface area contributed by atoms with E-state index in [0.29, 0.717) is 33.3 Å². The van der Waals surface area contributed by atoms with Gasteiger partial charge in [0.2, 0.25) is 10.0 Å². The van der Waals surface area contributed by atoms with Crippen molar-refractivity contribution in [1.82, 2.24) is 9.97 Å². The molecule has 33 heavy (non-hydrogen) atoms. The molecule has 0 aliphatic heterocycles. The topological polar surface area (TPSA) is 139 Å². The third-order valence-corrected chi connectivity index (χ3v) is 6.47. The first-order chi connectivity index (χ1) is 15.8. The smallest absolute Gasteiger partial charge is 0.238 e. The van der Waals surface area contributed by atoms with Crippen molar-refractivity contribution in [3.05, 3.63) is 83.9 Å². The SMILES string of the molecule is N#Cc1ccc(C(=O)CSc2nc(Nc3ccc(S(N)(=O)=O)cc3)c3ccccc3n2)cc1. The van der Waals surface area contributed by atoms with Crippen molar-refractivity contribution in [2.45, 2.75) is 10.1 Å². The van der Waals surface area contributed by atoms with E-state index >= 15 is 0 Å². The number of nitrogens with two attached hydrogens (primary N) is 1. The Morgan fingerprint density at radius 3 is 2.36 bits per heavy atom. The van der Waals surface area contributed by atoms with Gasteiger partial charge in [0, 0.05) is 16.6 Å². The van der Waals surface area contributed by atoms with Gasteiger partial charge in [0.05, 0.1) is 27.8 Å². The number of anilines is 2. The number of sulfonamides is 1. The summed E-state index contributed by atoms with van der Waals surface area (Å²) in [4.78, 5) is 21.6. The quantitative estimate of drug-likeness (QED) is 0.233. The summed E-state index contributed by atoms with van der Waals surface area (Å²) in [7, 11) is -3.78. The Balaban J connectivity index is 1.57. The molecular formula is C23H17N5O3S2. The fraction of sp³-hybridized carbons (Fsp3) is 0.0435. The highest BCUT2D eigenvalue weighted by Gasteiger charge is 2.13. The molecule has 4 rings (SSSR count). The zero-order valence-corrected chi connectivity index (χ0v) is 18.7. The predicted octanol–water partition coefficient (Wildman–Crippen LogP) is 3.87. The lowest BCUT2D eigenvalue weighted by atomic mass is 10.1. The van der Waals surface area contributed by atoms with Gasteiger partial charge in [-0.05, 0) is 48.5 Å². The molecule has 0 radical (unpaired) electrons. The summed E-state index contributed by atoms with van der Waals surface area (Å²) in [6, 6.07) is 21.9. The maximum atomic E-state index is 12.5. The summed E-state index contributed by atoms with van der Waals surface area (Å²) in [5, 5.41) is 18.4. The van der Waals surface area contributed by atoms with E-state index in [1.165, 1.54) is 23.9 Å². The molecule has 0 fully saturated rings. The van der Waals surface area contributed by atoms with E-state index in [-0.39, 0.29) is 16.4 Å². The maximum Gasteiger partial charge on any atom is 0.238 e. The number of carbonyl (C=O) groups excluding carboxylic acids is 1. The Hall–Kier alpha value is -3.78. The van der Waals surface area contributed by atoms with Crippen molar-refractivity contribution in [3.63, 3.8) is 0 Å². The molecule has 3 N–H and O–H groups in total. The van der Waals surface area contributed by atoms with Gasteiger partial charge in [0.25, 0.3) is 0 Å². The van der Waals surface area contributed by atoms with Gasteiger partial charge in [0.1, 0.15) is 5.82 Å². The number of fused-ring (bicyclic) bond motifs is 1. The molecule has 164 valence electrons. The molecule has 0 aliphatic rings. The van der Waals surface area contributed by atoms with Crippen LogP contribution in [-0.4, -0.2) is 29.9 Å². The zero-order chi connectivity index (χ0) is 23.4. The molecule has 0 spiro atoms. The van der Waals surface area contributed by atoms with Gasteiger partial charge in [0.15, 0.2) is 10.9 Å². The minimum absolute atomic E-state index is 0.0122. The molecule has 0 unspecified atom stereocenters. The molecule has 10 heteroatoms. The highest BCUT2D eigenvalue weighted by molar-refractivity contribution is 7.99. The second-order valence-corrected chi connectivity index (χ2v) is 9.47. The molecule has 1 heterocycles. The molecule has 8 nitrogen and oxygen atoms in total. The standard InChI is InChI=1S/C23H17N5O3S2/c24-13-15-5-7-16(8-6-15)21(29)14-32-23-27-20-4-2-1-3-19(20)22(28-23)26-17-9-11-18(12-10-17)33(25,30)31/h1-12H,14H2,(H2,25,30,31)(H,26,27,28). The average molecular weight is 476 g/mol. The zero-order valence-electron chi connectivity index (χ0n) is 17.1. The molecule has 0 amide bonds. The van der Waals surface area contributed by atoms with Crippen LogP contribution in [0.15, 0.2) is 82.8 Å². The lowest BCUT2D eigenvalue weighted by Crippen LogP contribution is -2.11. The average Bonchev–Trinajstić information content (AvgIpc) is 2.82. The third-order valence-electron chi connectivity index (χ3n) is 4.70. The summed E-state index contributed by atoms with van der Waals surface area (Å²) in [6.07, 6.45) is 0. The highest BCUT2D eigenvalue weighted by atomic mass is 32.2. The number of carbonyl (C=O) groups is 1. The number of Topliss-reactive ketones (excluding diaryl/α,β-unsaturated/α-hetero) is 1. The van der Waals surface area contributed by atoms with Gasteiger partial charge < -0.3 is 5.32 Å². The van der Waals surface area contributed by atoms with Crippen LogP contribution in [-0.2, 0) is 10.0 Å². The van der Waals surface area contributed by atoms with E-state index in [4.69, 9.17) is 10.4 Å². The summed E-state index contributed by atoms with van der Waals surface area (Å²) >= 11 is 1.21. The van der Waals surface area contributed by atoms with Crippen LogP contribution in [0.25, 0.3) is 10.9 Å². The number of nitriles is 1. The highest BCUT2D eigenvalue weighted by Crippen LogP contribution is 2.27. The first-order valence-corrected chi connectivity index (χ1v) is 12.2. The second-order valence-electron chi connectivity index (χ2n) is 6.97. The van der Waals surface area contributed by atoms with Crippen molar-refractivity contribution < 1.29 is 13.2 Å². The molecule has 3 aromatic carbocycles. The molecule has 0 atom stereocenters. The Kier molecular flexibility index (Phi) is 6.37. The number of benzene rings is 3. The number of thioether (sulfide) groups is 1. The first-order valence-electron chi connectivity index (χ1n) is 9.66. The number of nitrogens with one attached hydrogen (secondary N) is 1. The summed E-state index contributed by atoms with van der Waals surface area (Å²) in [6.45, 7) is 0. The van der Waals surface area contributed by atoms with E-state index in [1.807, 2.05) is 30.3 Å². The minimum Gasteiger partial charge on any atom is -0.340 e. The van der Waals surface area contributed by atoms with Gasteiger partial charge in [-0.15, -0.1) is 0 Å². The summed E-state index contributed by atoms with van der Waals surface area (Å²) in [5.41, 5.74) is 2.32. The number of hydrogen-bond acceptors (Lipinski definition) is 8. The normalized spacial score (nSPS) is 11.2. The van der Waals surface area contributed by atoms with E-state index < -0.39 is 10.0 Å². The lowest BCUT2D eigenvalue weighted by Gasteiger charge is -2.11. The fourth-order valence-electron chi connectivity index (χ4n) is 3.02. The van der Waals surface area contributed by atoms with Crippen molar-refractivity contribution >= 4 is 50.0 Å². The Morgan fingerprint density at radius 2 is 1.70 bits per heavy atom. The van der Waals surface area contributed by atoms with Crippen molar-refractivity contribution in [2.24, 2.45) is 5.14 Å². The number of rotatable bonds is 7. The third kappa shape index (κ3) is 5.35. The van der Waals surface area contributed by atoms with Crippen LogP contribution in [0.2, 0.25) is 0 Å². The van der Waals surface area contributed by atoms with Crippen LogP contribution >= 0.6 is 11.8 Å². The van der Waals surface area contributed by atoms with Gasteiger partial charge >= 0.3 is 0 Å². The number of nitrogens with zero attached hydrogens (tertiary/aromatic N) is 3. The molecule has 1 aromatic heterocycles. The van der Waals surface area contributed by atoms with E-state index in [2.05, 4.69) is 15.3 Å². The molecule has 0 saturated heterocycles. The fourth-order valence-corrected chi connectivity index (χ4v) is 4.28. The van der Waals surface area contributed by atoms with E-state index in [9.17, 15) is 13.2 Å². The van der Waals surface area contributed by atoms with Crippen molar-refractivity contribution in [1.29, 1.82) is 5.26 Å². The number of ketones is 1. The molecule has 0 bridgehead atoms. The lowest BCUT2D eigenvalue weighted by molar-refractivity contribution is 0.102. The maximum absolute atomic E-state index is 12.5.